The summed E-state index contributed by atoms with van der Waals surface area (Å²) in [6, 6.07) is 5.48. The minimum atomic E-state index is -0.538. The molecule has 0 amide bonds. The second kappa shape index (κ2) is 14.6. The van der Waals surface area contributed by atoms with E-state index >= 15 is 0 Å². The van der Waals surface area contributed by atoms with Crippen molar-refractivity contribution < 1.29 is 18.6 Å². The molecule has 0 N–H and O–H groups in total. The minimum absolute atomic E-state index is 0.118. The van der Waals surface area contributed by atoms with Crippen molar-refractivity contribution in [2.45, 2.75) is 78.1 Å². The van der Waals surface area contributed by atoms with Gasteiger partial charge >= 0.3 is 5.63 Å². The predicted molar refractivity (Wildman–Crippen MR) is 127 cm³/mol. The van der Waals surface area contributed by atoms with E-state index in [-0.39, 0.29) is 5.75 Å². The summed E-state index contributed by atoms with van der Waals surface area (Å²) in [6.07, 6.45) is 15.9. The molecule has 2 rings (SSSR count). The summed E-state index contributed by atoms with van der Waals surface area (Å²) in [7, 11) is 1.53. The van der Waals surface area contributed by atoms with E-state index in [1.54, 1.807) is 6.07 Å². The zero-order valence-corrected chi connectivity index (χ0v) is 19.4. The van der Waals surface area contributed by atoms with E-state index in [9.17, 15) is 4.79 Å². The molecule has 5 heteroatoms. The third-order valence-corrected chi connectivity index (χ3v) is 5.20. The Morgan fingerprint density at radius 3 is 2.32 bits per heavy atom. The maximum atomic E-state index is 12.4. The van der Waals surface area contributed by atoms with E-state index in [1.165, 1.54) is 52.1 Å². The molecule has 31 heavy (non-hydrogen) atoms. The largest absolute Gasteiger partial charge is 0.493 e. The molecule has 1 aromatic carbocycles. The van der Waals surface area contributed by atoms with Crippen LogP contribution in [0.3, 0.4) is 0 Å². The number of benzene rings is 1. The molecule has 0 saturated carbocycles. The first-order valence-corrected chi connectivity index (χ1v) is 11.8. The summed E-state index contributed by atoms with van der Waals surface area (Å²) in [6.45, 7) is 5.37. The maximum absolute atomic E-state index is 12.4. The molecule has 0 unspecified atom stereocenters. The van der Waals surface area contributed by atoms with Crippen LogP contribution in [0.2, 0.25) is 0 Å². The monoisotopic (exact) mass is 430 g/mol. The number of ether oxygens (including phenoxy) is 3. The Bertz CT molecular complexity index is 853. The molecule has 0 saturated heterocycles. The fourth-order valence-corrected chi connectivity index (χ4v) is 3.49. The molecular formula is C26H38O5. The van der Waals surface area contributed by atoms with E-state index < -0.39 is 5.63 Å². The highest BCUT2D eigenvalue weighted by Gasteiger charge is 2.17. The molecular weight excluding hydrogens is 392 g/mol. The van der Waals surface area contributed by atoms with Gasteiger partial charge in [0.1, 0.15) is 11.3 Å². The van der Waals surface area contributed by atoms with E-state index in [0.29, 0.717) is 35.7 Å². The summed E-state index contributed by atoms with van der Waals surface area (Å²) in [5.41, 5.74) is -0.0995. The van der Waals surface area contributed by atoms with E-state index in [1.807, 2.05) is 18.2 Å². The number of fused-ring (bicyclic) bond motifs is 1. The fraction of sp³-hybridized carbons (Fsp3) is 0.577. The average molecular weight is 431 g/mol. The maximum Gasteiger partial charge on any atom is 0.383 e. The number of hydrogen-bond donors (Lipinski definition) is 0. The fourth-order valence-electron chi connectivity index (χ4n) is 3.49. The van der Waals surface area contributed by atoms with Crippen LogP contribution >= 0.6 is 0 Å². The lowest BCUT2D eigenvalue weighted by molar-refractivity contribution is 0.285. The molecule has 0 fully saturated rings. The third-order valence-electron chi connectivity index (χ3n) is 5.20. The molecule has 1 heterocycles. The molecule has 0 aliphatic rings. The first-order valence-electron chi connectivity index (χ1n) is 11.8. The quantitative estimate of drug-likeness (QED) is 0.162. The van der Waals surface area contributed by atoms with Gasteiger partial charge in [-0.05, 0) is 31.4 Å². The Morgan fingerprint density at radius 2 is 1.61 bits per heavy atom. The summed E-state index contributed by atoms with van der Waals surface area (Å²) >= 11 is 0. The van der Waals surface area contributed by atoms with Crippen LogP contribution in [-0.4, -0.2) is 20.3 Å². The first kappa shape index (κ1) is 24.8. The van der Waals surface area contributed by atoms with Crippen molar-refractivity contribution in [2.24, 2.45) is 0 Å². The number of methoxy groups -OCH3 is 1. The smallest absolute Gasteiger partial charge is 0.383 e. The molecule has 0 atom stereocenters. The van der Waals surface area contributed by atoms with Crippen molar-refractivity contribution in [3.63, 3.8) is 0 Å². The molecule has 2 aromatic rings. The van der Waals surface area contributed by atoms with Crippen LogP contribution in [-0.2, 0) is 0 Å². The van der Waals surface area contributed by atoms with Crippen molar-refractivity contribution >= 4 is 11.0 Å². The molecule has 1 aromatic heterocycles. The third kappa shape index (κ3) is 8.31. The highest BCUT2D eigenvalue weighted by atomic mass is 16.5. The molecule has 0 spiro atoms. The van der Waals surface area contributed by atoms with Gasteiger partial charge in [-0.25, -0.2) is 4.79 Å². The van der Waals surface area contributed by atoms with Gasteiger partial charge in [0.2, 0.25) is 5.75 Å². The van der Waals surface area contributed by atoms with Crippen molar-refractivity contribution in [3.05, 3.63) is 40.8 Å². The topological polar surface area (TPSA) is 57.9 Å². The Labute approximate surface area is 186 Å². The second-order valence-electron chi connectivity index (χ2n) is 7.75. The van der Waals surface area contributed by atoms with Gasteiger partial charge in [0.15, 0.2) is 5.75 Å². The van der Waals surface area contributed by atoms with Gasteiger partial charge in [-0.3, -0.25) is 0 Å². The Kier molecular flexibility index (Phi) is 11.7. The van der Waals surface area contributed by atoms with Gasteiger partial charge in [-0.2, -0.15) is 0 Å². The molecule has 0 aliphatic carbocycles. The normalized spacial score (nSPS) is 11.3. The first-order chi connectivity index (χ1) is 15.2. The Balaban J connectivity index is 1.91. The SMILES string of the molecule is CC/C=C/CCOc1c(OC)c2ccc(OCCCCCCCCCC)cc2oc1=O. The van der Waals surface area contributed by atoms with E-state index in [2.05, 4.69) is 19.9 Å². The second-order valence-corrected chi connectivity index (χ2v) is 7.75. The number of hydrogen-bond acceptors (Lipinski definition) is 5. The van der Waals surface area contributed by atoms with Crippen LogP contribution in [0.4, 0.5) is 0 Å². The summed E-state index contributed by atoms with van der Waals surface area (Å²) in [5.74, 6) is 1.21. The average Bonchev–Trinajstić information content (AvgIpc) is 2.77. The number of allylic oxidation sites excluding steroid dienone is 1. The van der Waals surface area contributed by atoms with Crippen molar-refractivity contribution in [2.75, 3.05) is 20.3 Å². The van der Waals surface area contributed by atoms with Crippen LogP contribution in [0.1, 0.15) is 78.1 Å². The Hall–Kier alpha value is -2.43. The molecule has 5 nitrogen and oxygen atoms in total. The van der Waals surface area contributed by atoms with E-state index in [0.717, 1.165) is 19.3 Å². The molecule has 0 aliphatic heterocycles. The highest BCUT2D eigenvalue weighted by Crippen LogP contribution is 2.34. The standard InChI is InChI=1S/C26H38O5/c1-4-6-8-10-11-12-13-15-18-29-21-16-17-22-23(20-21)31-26(27)25(24(22)28-3)30-19-14-9-7-5-2/h7,9,16-17,20H,4-6,8,10-15,18-19H2,1-3H3/b9-7+. The van der Waals surface area contributed by atoms with Gasteiger partial charge in [-0.1, -0.05) is 70.9 Å². The zero-order valence-electron chi connectivity index (χ0n) is 19.4. The lowest BCUT2D eigenvalue weighted by atomic mass is 10.1. The van der Waals surface area contributed by atoms with Gasteiger partial charge < -0.3 is 18.6 Å². The van der Waals surface area contributed by atoms with Crippen LogP contribution in [0.15, 0.2) is 39.6 Å². The van der Waals surface area contributed by atoms with Crippen molar-refractivity contribution in [1.82, 2.24) is 0 Å². The number of rotatable bonds is 16. The van der Waals surface area contributed by atoms with Gasteiger partial charge in [-0.15, -0.1) is 0 Å². The van der Waals surface area contributed by atoms with Gasteiger partial charge in [0.25, 0.3) is 0 Å². The highest BCUT2D eigenvalue weighted by molar-refractivity contribution is 5.86. The van der Waals surface area contributed by atoms with Crippen LogP contribution in [0.5, 0.6) is 17.2 Å². The Morgan fingerprint density at radius 1 is 0.871 bits per heavy atom. The van der Waals surface area contributed by atoms with Crippen molar-refractivity contribution in [1.29, 1.82) is 0 Å². The zero-order chi connectivity index (χ0) is 22.3. The van der Waals surface area contributed by atoms with Gasteiger partial charge in [0, 0.05) is 6.07 Å². The predicted octanol–water partition coefficient (Wildman–Crippen LogP) is 7.06. The van der Waals surface area contributed by atoms with Crippen LogP contribution in [0, 0.1) is 0 Å². The van der Waals surface area contributed by atoms with Crippen LogP contribution in [0.25, 0.3) is 11.0 Å². The summed E-state index contributed by atoms with van der Waals surface area (Å²) in [4.78, 5) is 12.4. The minimum Gasteiger partial charge on any atom is -0.493 e. The lowest BCUT2D eigenvalue weighted by Crippen LogP contribution is -2.10. The summed E-state index contributed by atoms with van der Waals surface area (Å²) < 4.78 is 22.5. The molecule has 0 radical (unpaired) electrons. The van der Waals surface area contributed by atoms with Crippen molar-refractivity contribution in [3.8, 4) is 17.2 Å². The van der Waals surface area contributed by atoms with E-state index in [4.69, 9.17) is 18.6 Å². The molecule has 172 valence electrons. The molecule has 0 bridgehead atoms. The van der Waals surface area contributed by atoms with Crippen LogP contribution < -0.4 is 19.8 Å². The lowest BCUT2D eigenvalue weighted by Gasteiger charge is -2.12. The number of unbranched alkanes of at least 4 members (excludes halogenated alkanes) is 7. The summed E-state index contributed by atoms with van der Waals surface area (Å²) in [5, 5.41) is 0.695. The van der Waals surface area contributed by atoms with Gasteiger partial charge in [0.05, 0.1) is 25.7 Å².